The Bertz CT molecular complexity index is 438. The van der Waals surface area contributed by atoms with Gasteiger partial charge in [0.05, 0.1) is 5.75 Å². The molecule has 0 atom stereocenters. The summed E-state index contributed by atoms with van der Waals surface area (Å²) in [5, 5.41) is 6.38. The van der Waals surface area contributed by atoms with Crippen LogP contribution in [0.4, 0.5) is 0 Å². The summed E-state index contributed by atoms with van der Waals surface area (Å²) in [6.07, 6.45) is 4.19. The number of hydrogen-bond acceptors (Lipinski definition) is 4. The molecule has 0 spiro atoms. The van der Waals surface area contributed by atoms with Gasteiger partial charge in [0.15, 0.2) is 0 Å². The van der Waals surface area contributed by atoms with E-state index in [1.54, 1.807) is 11.2 Å². The first-order chi connectivity index (χ1) is 10.0. The molecule has 0 aliphatic carbocycles. The summed E-state index contributed by atoms with van der Waals surface area (Å²) < 4.78 is 25.1. The zero-order valence-corrected chi connectivity index (χ0v) is 13.6. The van der Waals surface area contributed by atoms with Gasteiger partial charge in [0.2, 0.25) is 15.9 Å². The maximum atomic E-state index is 12.1. The normalized spacial score (nSPS) is 23.1. The monoisotopic (exact) mass is 317 g/mol. The van der Waals surface area contributed by atoms with E-state index in [4.69, 9.17) is 0 Å². The van der Waals surface area contributed by atoms with Crippen LogP contribution in [0.5, 0.6) is 0 Å². The van der Waals surface area contributed by atoms with Gasteiger partial charge in [-0.2, -0.15) is 0 Å². The number of carbonyl (C=O) groups is 1. The number of nitrogens with zero attached hydrogens (tertiary/aromatic N) is 1. The Kier molecular flexibility index (Phi) is 6.01. The molecule has 2 N–H and O–H groups in total. The van der Waals surface area contributed by atoms with Gasteiger partial charge in [0, 0.05) is 25.6 Å². The van der Waals surface area contributed by atoms with Gasteiger partial charge in [-0.1, -0.05) is 0 Å². The third-order valence-electron chi connectivity index (χ3n) is 4.51. The van der Waals surface area contributed by atoms with Crippen LogP contribution in [0.15, 0.2) is 0 Å². The van der Waals surface area contributed by atoms with Gasteiger partial charge < -0.3 is 10.6 Å². The zero-order chi connectivity index (χ0) is 15.3. The van der Waals surface area contributed by atoms with E-state index in [1.165, 1.54) is 0 Å². The summed E-state index contributed by atoms with van der Waals surface area (Å²) in [7, 11) is -3.08. The lowest BCUT2D eigenvalue weighted by Gasteiger charge is -2.32. The lowest BCUT2D eigenvalue weighted by atomic mass is 9.94. The van der Waals surface area contributed by atoms with E-state index in [1.807, 2.05) is 0 Å². The van der Waals surface area contributed by atoms with Crippen LogP contribution in [-0.2, 0) is 14.8 Å². The third kappa shape index (κ3) is 4.93. The van der Waals surface area contributed by atoms with Crippen LogP contribution in [0.2, 0.25) is 0 Å². The van der Waals surface area contributed by atoms with E-state index in [-0.39, 0.29) is 17.7 Å². The van der Waals surface area contributed by atoms with Crippen LogP contribution < -0.4 is 10.6 Å². The number of sulfonamides is 1. The molecule has 0 radical (unpaired) electrons. The van der Waals surface area contributed by atoms with Crippen molar-refractivity contribution >= 4 is 15.9 Å². The Morgan fingerprint density at radius 3 is 2.38 bits per heavy atom. The summed E-state index contributed by atoms with van der Waals surface area (Å²) in [5.41, 5.74) is 0. The number of carbonyl (C=O) groups excluding carboxylic acids is 1. The van der Waals surface area contributed by atoms with E-state index >= 15 is 0 Å². The van der Waals surface area contributed by atoms with Crippen LogP contribution in [0.1, 0.15) is 39.0 Å². The van der Waals surface area contributed by atoms with Gasteiger partial charge in [-0.3, -0.25) is 4.79 Å². The van der Waals surface area contributed by atoms with Crippen molar-refractivity contribution in [1.82, 2.24) is 14.9 Å². The molecule has 2 aliphatic heterocycles. The first-order valence-corrected chi connectivity index (χ1v) is 9.60. The fourth-order valence-corrected chi connectivity index (χ4v) is 4.23. The van der Waals surface area contributed by atoms with Gasteiger partial charge in [-0.15, -0.1) is 0 Å². The molecule has 122 valence electrons. The fourth-order valence-electron chi connectivity index (χ4n) is 3.10. The number of rotatable bonds is 5. The molecule has 2 heterocycles. The van der Waals surface area contributed by atoms with Crippen molar-refractivity contribution in [2.45, 2.75) is 45.1 Å². The Hall–Kier alpha value is -0.660. The van der Waals surface area contributed by atoms with E-state index < -0.39 is 10.0 Å². The van der Waals surface area contributed by atoms with Crippen LogP contribution in [0.3, 0.4) is 0 Å². The second-order valence-electron chi connectivity index (χ2n) is 6.04. The van der Waals surface area contributed by atoms with E-state index in [0.717, 1.165) is 38.8 Å². The molecule has 7 heteroatoms. The summed E-state index contributed by atoms with van der Waals surface area (Å²) in [4.78, 5) is 12.1. The zero-order valence-electron chi connectivity index (χ0n) is 12.8. The molecular formula is C14H27N3O3S. The molecule has 0 aromatic carbocycles. The molecule has 0 unspecified atom stereocenters. The van der Waals surface area contributed by atoms with Crippen molar-refractivity contribution in [1.29, 1.82) is 0 Å². The molecular weight excluding hydrogens is 290 g/mol. The Morgan fingerprint density at radius 2 is 1.81 bits per heavy atom. The molecule has 2 fully saturated rings. The van der Waals surface area contributed by atoms with Crippen molar-refractivity contribution in [3.8, 4) is 0 Å². The molecule has 0 saturated carbocycles. The van der Waals surface area contributed by atoms with Crippen LogP contribution in [-0.4, -0.2) is 56.6 Å². The molecule has 2 rings (SSSR count). The first-order valence-electron chi connectivity index (χ1n) is 7.99. The fraction of sp³-hybridized carbons (Fsp3) is 0.929. The van der Waals surface area contributed by atoms with Gasteiger partial charge in [-0.05, 0) is 51.6 Å². The highest BCUT2D eigenvalue weighted by atomic mass is 32.2. The van der Waals surface area contributed by atoms with Crippen LogP contribution in [0.25, 0.3) is 0 Å². The van der Waals surface area contributed by atoms with Crippen LogP contribution in [0, 0.1) is 5.92 Å². The number of amides is 1. The SMILES string of the molecule is CCS(=O)(=O)N1CCC(NC(=O)CC2CCNCC2)CC1. The first kappa shape index (κ1) is 16.7. The highest BCUT2D eigenvalue weighted by Crippen LogP contribution is 2.18. The smallest absolute Gasteiger partial charge is 0.220 e. The Labute approximate surface area is 127 Å². The second kappa shape index (κ2) is 7.56. The lowest BCUT2D eigenvalue weighted by Crippen LogP contribution is -2.47. The molecule has 21 heavy (non-hydrogen) atoms. The number of piperidine rings is 2. The summed E-state index contributed by atoms with van der Waals surface area (Å²) >= 11 is 0. The maximum absolute atomic E-state index is 12.1. The standard InChI is InChI=1S/C14H27N3O3S/c1-2-21(19,20)17-9-5-13(6-10-17)16-14(18)11-12-3-7-15-8-4-12/h12-13,15H,2-11H2,1H3,(H,16,18). The van der Waals surface area contributed by atoms with Gasteiger partial charge in [0.25, 0.3) is 0 Å². The van der Waals surface area contributed by atoms with Crippen molar-refractivity contribution in [2.75, 3.05) is 31.9 Å². The van der Waals surface area contributed by atoms with Crippen molar-refractivity contribution in [2.24, 2.45) is 5.92 Å². The quantitative estimate of drug-likeness (QED) is 0.765. The van der Waals surface area contributed by atoms with E-state index in [9.17, 15) is 13.2 Å². The molecule has 0 aromatic heterocycles. The minimum Gasteiger partial charge on any atom is -0.353 e. The minimum absolute atomic E-state index is 0.124. The van der Waals surface area contributed by atoms with E-state index in [2.05, 4.69) is 10.6 Å². The van der Waals surface area contributed by atoms with Crippen molar-refractivity contribution < 1.29 is 13.2 Å². The molecule has 2 saturated heterocycles. The molecule has 2 aliphatic rings. The van der Waals surface area contributed by atoms with Gasteiger partial charge >= 0.3 is 0 Å². The molecule has 0 aromatic rings. The lowest BCUT2D eigenvalue weighted by molar-refractivity contribution is -0.123. The molecule has 6 nitrogen and oxygen atoms in total. The van der Waals surface area contributed by atoms with Gasteiger partial charge in [0.1, 0.15) is 0 Å². The highest BCUT2D eigenvalue weighted by Gasteiger charge is 2.27. The van der Waals surface area contributed by atoms with Crippen molar-refractivity contribution in [3.63, 3.8) is 0 Å². The summed E-state index contributed by atoms with van der Waals surface area (Å²) in [5.74, 6) is 0.769. The van der Waals surface area contributed by atoms with Crippen LogP contribution >= 0.6 is 0 Å². The topological polar surface area (TPSA) is 78.5 Å². The van der Waals surface area contributed by atoms with Gasteiger partial charge in [-0.25, -0.2) is 12.7 Å². The second-order valence-corrected chi connectivity index (χ2v) is 8.30. The third-order valence-corrected chi connectivity index (χ3v) is 6.39. The van der Waals surface area contributed by atoms with E-state index in [0.29, 0.717) is 25.4 Å². The molecule has 0 bridgehead atoms. The largest absolute Gasteiger partial charge is 0.353 e. The molecule has 1 amide bonds. The predicted octanol–water partition coefficient (Wildman–Crippen LogP) is 0.306. The maximum Gasteiger partial charge on any atom is 0.220 e. The minimum atomic E-state index is -3.08. The highest BCUT2D eigenvalue weighted by molar-refractivity contribution is 7.89. The average molecular weight is 317 g/mol. The summed E-state index contributed by atoms with van der Waals surface area (Å²) in [6, 6.07) is 0.127. The average Bonchev–Trinajstić information content (AvgIpc) is 2.48. The van der Waals surface area contributed by atoms with Crippen molar-refractivity contribution in [3.05, 3.63) is 0 Å². The summed E-state index contributed by atoms with van der Waals surface area (Å²) in [6.45, 7) is 4.72. The predicted molar refractivity (Wildman–Crippen MR) is 82.4 cm³/mol. The Balaban J connectivity index is 1.71. The number of hydrogen-bond donors (Lipinski definition) is 2. The number of nitrogens with one attached hydrogen (secondary N) is 2. The Morgan fingerprint density at radius 1 is 1.19 bits per heavy atom.